The van der Waals surface area contributed by atoms with Crippen LogP contribution in [0.25, 0.3) is 0 Å². The lowest BCUT2D eigenvalue weighted by molar-refractivity contribution is 0.306. The van der Waals surface area contributed by atoms with Crippen molar-refractivity contribution in [3.8, 4) is 0 Å². The molecule has 0 spiro atoms. The Kier molecular flexibility index (Phi) is 5.00. The number of hydrogen-bond acceptors (Lipinski definition) is 2. The van der Waals surface area contributed by atoms with Gasteiger partial charge in [0.05, 0.1) is 15.9 Å². The van der Waals surface area contributed by atoms with Gasteiger partial charge in [-0.1, -0.05) is 24.3 Å². The second-order valence-electron chi connectivity index (χ2n) is 5.26. The SMILES string of the molecule is CCn1nc(C)c(Br)c1CN(C)Cc1ccccc1C. The van der Waals surface area contributed by atoms with Crippen molar-refractivity contribution in [2.75, 3.05) is 7.05 Å². The molecule has 1 aromatic heterocycles. The predicted octanol–water partition coefficient (Wildman–Crippen LogP) is 3.91. The molecule has 0 aliphatic heterocycles. The van der Waals surface area contributed by atoms with Crippen molar-refractivity contribution in [1.82, 2.24) is 14.7 Å². The van der Waals surface area contributed by atoms with Gasteiger partial charge in [0, 0.05) is 19.6 Å². The monoisotopic (exact) mass is 335 g/mol. The highest BCUT2D eigenvalue weighted by atomic mass is 79.9. The summed E-state index contributed by atoms with van der Waals surface area (Å²) < 4.78 is 3.21. The topological polar surface area (TPSA) is 21.1 Å². The second-order valence-corrected chi connectivity index (χ2v) is 6.05. The fraction of sp³-hybridized carbons (Fsp3) is 0.438. The summed E-state index contributed by atoms with van der Waals surface area (Å²) in [6.07, 6.45) is 0. The van der Waals surface area contributed by atoms with Gasteiger partial charge in [-0.2, -0.15) is 5.10 Å². The molecule has 108 valence electrons. The number of rotatable bonds is 5. The van der Waals surface area contributed by atoms with Crippen molar-refractivity contribution >= 4 is 15.9 Å². The van der Waals surface area contributed by atoms with E-state index in [1.807, 2.05) is 6.92 Å². The van der Waals surface area contributed by atoms with Crippen LogP contribution in [0.3, 0.4) is 0 Å². The molecule has 0 amide bonds. The molecule has 1 aromatic carbocycles. The third-order valence-corrected chi connectivity index (χ3v) is 4.61. The van der Waals surface area contributed by atoms with E-state index in [4.69, 9.17) is 0 Å². The molecule has 0 saturated carbocycles. The highest BCUT2D eigenvalue weighted by Gasteiger charge is 2.14. The van der Waals surface area contributed by atoms with E-state index in [1.54, 1.807) is 0 Å². The smallest absolute Gasteiger partial charge is 0.0739 e. The zero-order valence-electron chi connectivity index (χ0n) is 12.7. The summed E-state index contributed by atoms with van der Waals surface area (Å²) in [5, 5.41) is 4.55. The first kappa shape index (κ1) is 15.3. The summed E-state index contributed by atoms with van der Waals surface area (Å²) in [5.41, 5.74) is 5.04. The van der Waals surface area contributed by atoms with E-state index in [0.29, 0.717) is 0 Å². The number of aryl methyl sites for hydroxylation is 3. The van der Waals surface area contributed by atoms with Gasteiger partial charge < -0.3 is 0 Å². The van der Waals surface area contributed by atoms with Crippen molar-refractivity contribution in [3.05, 3.63) is 51.3 Å². The summed E-state index contributed by atoms with van der Waals surface area (Å²) >= 11 is 3.66. The molecule has 0 N–H and O–H groups in total. The van der Waals surface area contributed by atoms with Gasteiger partial charge in [-0.25, -0.2) is 0 Å². The van der Waals surface area contributed by atoms with E-state index in [2.05, 4.69) is 75.8 Å². The van der Waals surface area contributed by atoms with Gasteiger partial charge >= 0.3 is 0 Å². The molecule has 0 atom stereocenters. The Bertz CT molecular complexity index is 589. The summed E-state index contributed by atoms with van der Waals surface area (Å²) in [5.74, 6) is 0. The first-order valence-electron chi connectivity index (χ1n) is 6.97. The molecule has 0 aliphatic rings. The standard InChI is InChI=1S/C16H22BrN3/c1-5-20-15(16(17)13(3)18-20)11-19(4)10-14-9-7-6-8-12(14)2/h6-9H,5,10-11H2,1-4H3. The molecule has 3 nitrogen and oxygen atoms in total. The Morgan fingerprint density at radius 3 is 2.55 bits per heavy atom. The van der Waals surface area contributed by atoms with Gasteiger partial charge in [0.2, 0.25) is 0 Å². The fourth-order valence-electron chi connectivity index (χ4n) is 2.41. The van der Waals surface area contributed by atoms with Gasteiger partial charge in [-0.3, -0.25) is 9.58 Å². The van der Waals surface area contributed by atoms with Crippen molar-refractivity contribution in [2.45, 2.75) is 40.4 Å². The molecule has 0 unspecified atom stereocenters. The Morgan fingerprint density at radius 2 is 1.90 bits per heavy atom. The molecule has 4 heteroatoms. The lowest BCUT2D eigenvalue weighted by Crippen LogP contribution is -2.20. The number of aromatic nitrogens is 2. The number of nitrogens with zero attached hydrogens (tertiary/aromatic N) is 3. The van der Waals surface area contributed by atoms with Crippen LogP contribution in [0.2, 0.25) is 0 Å². The van der Waals surface area contributed by atoms with Crippen LogP contribution in [0.15, 0.2) is 28.7 Å². The number of benzene rings is 1. The van der Waals surface area contributed by atoms with Gasteiger partial charge in [0.15, 0.2) is 0 Å². The van der Waals surface area contributed by atoms with Crippen LogP contribution in [0.4, 0.5) is 0 Å². The van der Waals surface area contributed by atoms with Crippen molar-refractivity contribution < 1.29 is 0 Å². The second kappa shape index (κ2) is 6.55. The highest BCUT2D eigenvalue weighted by molar-refractivity contribution is 9.10. The molecular formula is C16H22BrN3. The third-order valence-electron chi connectivity index (χ3n) is 3.57. The molecule has 20 heavy (non-hydrogen) atoms. The van der Waals surface area contributed by atoms with Crippen LogP contribution in [0.5, 0.6) is 0 Å². The molecule has 0 radical (unpaired) electrons. The Hall–Kier alpha value is -1.13. The highest BCUT2D eigenvalue weighted by Crippen LogP contribution is 2.23. The van der Waals surface area contributed by atoms with Crippen LogP contribution in [0, 0.1) is 13.8 Å². The van der Waals surface area contributed by atoms with Gasteiger partial charge in [0.25, 0.3) is 0 Å². The Balaban J connectivity index is 2.12. The van der Waals surface area contributed by atoms with E-state index in [9.17, 15) is 0 Å². The first-order chi connectivity index (χ1) is 9.52. The molecule has 0 aliphatic carbocycles. The summed E-state index contributed by atoms with van der Waals surface area (Å²) in [6.45, 7) is 9.08. The molecule has 2 rings (SSSR count). The molecule has 2 aromatic rings. The van der Waals surface area contributed by atoms with Crippen LogP contribution in [-0.4, -0.2) is 21.7 Å². The largest absolute Gasteiger partial charge is 0.296 e. The maximum absolute atomic E-state index is 4.55. The number of halogens is 1. The summed E-state index contributed by atoms with van der Waals surface area (Å²) in [7, 11) is 2.15. The average molecular weight is 336 g/mol. The van der Waals surface area contributed by atoms with Crippen molar-refractivity contribution in [2.24, 2.45) is 0 Å². The molecule has 0 saturated heterocycles. The normalized spacial score (nSPS) is 11.3. The van der Waals surface area contributed by atoms with Crippen LogP contribution in [0.1, 0.15) is 29.4 Å². The van der Waals surface area contributed by atoms with E-state index in [-0.39, 0.29) is 0 Å². The van der Waals surface area contributed by atoms with Gasteiger partial charge in [-0.15, -0.1) is 0 Å². The van der Waals surface area contributed by atoms with Crippen LogP contribution < -0.4 is 0 Å². The minimum Gasteiger partial charge on any atom is -0.296 e. The minimum atomic E-state index is 0.892. The van der Waals surface area contributed by atoms with Crippen molar-refractivity contribution in [1.29, 1.82) is 0 Å². The Morgan fingerprint density at radius 1 is 1.20 bits per heavy atom. The summed E-state index contributed by atoms with van der Waals surface area (Å²) in [4.78, 5) is 2.33. The quantitative estimate of drug-likeness (QED) is 0.825. The van der Waals surface area contributed by atoms with E-state index >= 15 is 0 Å². The maximum atomic E-state index is 4.55. The van der Waals surface area contributed by atoms with E-state index in [0.717, 1.165) is 29.8 Å². The van der Waals surface area contributed by atoms with E-state index < -0.39 is 0 Å². The maximum Gasteiger partial charge on any atom is 0.0739 e. The fourth-order valence-corrected chi connectivity index (χ4v) is 2.82. The first-order valence-corrected chi connectivity index (χ1v) is 7.77. The zero-order valence-corrected chi connectivity index (χ0v) is 14.2. The lowest BCUT2D eigenvalue weighted by Gasteiger charge is -2.19. The molecule has 0 fully saturated rings. The molecular weight excluding hydrogens is 314 g/mol. The summed E-state index contributed by atoms with van der Waals surface area (Å²) in [6, 6.07) is 8.56. The average Bonchev–Trinajstić information content (AvgIpc) is 2.69. The van der Waals surface area contributed by atoms with Crippen LogP contribution in [-0.2, 0) is 19.6 Å². The van der Waals surface area contributed by atoms with Crippen LogP contribution >= 0.6 is 15.9 Å². The number of hydrogen-bond donors (Lipinski definition) is 0. The molecule has 1 heterocycles. The van der Waals surface area contributed by atoms with E-state index in [1.165, 1.54) is 16.8 Å². The lowest BCUT2D eigenvalue weighted by atomic mass is 10.1. The minimum absolute atomic E-state index is 0.892. The van der Waals surface area contributed by atoms with Gasteiger partial charge in [0.1, 0.15) is 0 Å². The molecule has 0 bridgehead atoms. The Labute approximate surface area is 129 Å². The predicted molar refractivity (Wildman–Crippen MR) is 86.7 cm³/mol. The third kappa shape index (κ3) is 3.30. The van der Waals surface area contributed by atoms with Crippen molar-refractivity contribution in [3.63, 3.8) is 0 Å². The zero-order chi connectivity index (χ0) is 14.7. The van der Waals surface area contributed by atoms with Gasteiger partial charge in [-0.05, 0) is 54.9 Å².